The first-order valence-electron chi connectivity index (χ1n) is 17.6. The number of fused-ring (bicyclic) bond motifs is 5. The third kappa shape index (κ3) is 4.86. The Morgan fingerprint density at radius 2 is 0.608 bits per heavy atom. The van der Waals surface area contributed by atoms with E-state index < -0.39 is 0 Å². The monoisotopic (exact) mass is 647 g/mol. The minimum atomic E-state index is 1.17. The summed E-state index contributed by atoms with van der Waals surface area (Å²) in [6.45, 7) is 0. The van der Waals surface area contributed by atoms with Crippen LogP contribution in [0.3, 0.4) is 0 Å². The van der Waals surface area contributed by atoms with Gasteiger partial charge in [-0.2, -0.15) is 0 Å². The zero-order chi connectivity index (χ0) is 33.7. The summed E-state index contributed by atoms with van der Waals surface area (Å²) in [4.78, 5) is 0. The summed E-state index contributed by atoms with van der Waals surface area (Å²) in [6.07, 6.45) is 0. The van der Waals surface area contributed by atoms with Gasteiger partial charge in [-0.1, -0.05) is 170 Å². The topological polar surface area (TPSA) is 4.93 Å². The predicted molar refractivity (Wildman–Crippen MR) is 218 cm³/mol. The Morgan fingerprint density at radius 1 is 0.235 bits per heavy atom. The Bertz CT molecular complexity index is 2810. The highest BCUT2D eigenvalue weighted by Crippen LogP contribution is 2.45. The van der Waals surface area contributed by atoms with E-state index in [2.05, 4.69) is 205 Å². The van der Waals surface area contributed by atoms with Crippen LogP contribution in [0.1, 0.15) is 0 Å². The van der Waals surface area contributed by atoms with Crippen LogP contribution in [0.15, 0.2) is 200 Å². The molecule has 0 N–H and O–H groups in total. The van der Waals surface area contributed by atoms with Crippen molar-refractivity contribution in [1.29, 1.82) is 0 Å². The Hall–Kier alpha value is -6.70. The molecular weight excluding hydrogens is 615 g/mol. The number of para-hydroxylation sites is 2. The number of aromatic nitrogens is 1. The minimum absolute atomic E-state index is 1.17. The molecule has 0 spiro atoms. The van der Waals surface area contributed by atoms with Crippen LogP contribution in [0.25, 0.3) is 93.5 Å². The molecule has 9 aromatic carbocycles. The van der Waals surface area contributed by atoms with E-state index in [4.69, 9.17) is 0 Å². The molecule has 0 unspecified atom stereocenters. The van der Waals surface area contributed by atoms with E-state index in [1.807, 2.05) is 0 Å². The first-order valence-corrected chi connectivity index (χ1v) is 17.6. The van der Waals surface area contributed by atoms with Crippen molar-refractivity contribution in [1.82, 2.24) is 4.57 Å². The SMILES string of the molecule is c1ccc(-c2c3ccccc3c(-c3ccccc3)c3cc(-c4ccc(-c5ccc(-n6c7ccccc7c7ccccc76)cc5)cc4)ccc23)cc1. The molecule has 0 saturated carbocycles. The van der Waals surface area contributed by atoms with Gasteiger partial charge in [-0.25, -0.2) is 0 Å². The average molecular weight is 648 g/mol. The Balaban J connectivity index is 1.06. The molecule has 0 aliphatic carbocycles. The van der Waals surface area contributed by atoms with Crippen molar-refractivity contribution in [3.05, 3.63) is 200 Å². The van der Waals surface area contributed by atoms with Gasteiger partial charge < -0.3 is 4.57 Å². The van der Waals surface area contributed by atoms with Gasteiger partial charge in [-0.05, 0) is 96.4 Å². The number of rotatable bonds is 5. The van der Waals surface area contributed by atoms with Crippen molar-refractivity contribution in [3.8, 4) is 50.2 Å². The molecule has 1 nitrogen and oxygen atoms in total. The number of hydrogen-bond acceptors (Lipinski definition) is 0. The average Bonchev–Trinajstić information content (AvgIpc) is 3.55. The molecule has 10 aromatic rings. The summed E-state index contributed by atoms with van der Waals surface area (Å²) in [5, 5.41) is 7.63. The smallest absolute Gasteiger partial charge is 0.0541 e. The van der Waals surface area contributed by atoms with E-state index in [-0.39, 0.29) is 0 Å². The van der Waals surface area contributed by atoms with Crippen LogP contribution in [0.4, 0.5) is 0 Å². The number of benzene rings is 9. The minimum Gasteiger partial charge on any atom is -0.309 e. The maximum atomic E-state index is 2.39. The zero-order valence-corrected chi connectivity index (χ0v) is 28.0. The van der Waals surface area contributed by atoms with Crippen molar-refractivity contribution in [2.75, 3.05) is 0 Å². The van der Waals surface area contributed by atoms with E-state index in [0.29, 0.717) is 0 Å². The highest BCUT2D eigenvalue weighted by Gasteiger charge is 2.17. The van der Waals surface area contributed by atoms with Gasteiger partial charge in [-0.15, -0.1) is 0 Å². The maximum Gasteiger partial charge on any atom is 0.0541 e. The van der Waals surface area contributed by atoms with Crippen LogP contribution >= 0.6 is 0 Å². The van der Waals surface area contributed by atoms with Crippen molar-refractivity contribution < 1.29 is 0 Å². The molecule has 0 aliphatic rings. The van der Waals surface area contributed by atoms with Crippen LogP contribution in [0, 0.1) is 0 Å². The van der Waals surface area contributed by atoms with Crippen LogP contribution < -0.4 is 0 Å². The molecular formula is C50H33N. The van der Waals surface area contributed by atoms with Gasteiger partial charge in [0.05, 0.1) is 11.0 Å². The second kappa shape index (κ2) is 12.0. The second-order valence-corrected chi connectivity index (χ2v) is 13.3. The van der Waals surface area contributed by atoms with Gasteiger partial charge in [0.1, 0.15) is 0 Å². The molecule has 1 heteroatoms. The molecule has 1 heterocycles. The molecule has 238 valence electrons. The lowest BCUT2D eigenvalue weighted by Gasteiger charge is -2.18. The van der Waals surface area contributed by atoms with Crippen LogP contribution in [0.2, 0.25) is 0 Å². The molecule has 0 amide bonds. The first kappa shape index (κ1) is 29.2. The molecule has 51 heavy (non-hydrogen) atoms. The van der Waals surface area contributed by atoms with E-state index in [0.717, 1.165) is 0 Å². The summed E-state index contributed by atoms with van der Waals surface area (Å²) >= 11 is 0. The third-order valence-electron chi connectivity index (χ3n) is 10.4. The summed E-state index contributed by atoms with van der Waals surface area (Å²) in [5.74, 6) is 0. The third-order valence-corrected chi connectivity index (χ3v) is 10.4. The second-order valence-electron chi connectivity index (χ2n) is 13.3. The Morgan fingerprint density at radius 3 is 1.14 bits per heavy atom. The summed E-state index contributed by atoms with van der Waals surface area (Å²) in [6, 6.07) is 72.9. The lowest BCUT2D eigenvalue weighted by atomic mass is 9.85. The van der Waals surface area contributed by atoms with Crippen LogP contribution in [-0.2, 0) is 0 Å². The highest BCUT2D eigenvalue weighted by atomic mass is 15.0. The lowest BCUT2D eigenvalue weighted by Crippen LogP contribution is -1.93. The zero-order valence-electron chi connectivity index (χ0n) is 28.0. The van der Waals surface area contributed by atoms with Gasteiger partial charge in [0, 0.05) is 16.5 Å². The molecule has 0 radical (unpaired) electrons. The molecule has 0 atom stereocenters. The van der Waals surface area contributed by atoms with Gasteiger partial charge in [0.25, 0.3) is 0 Å². The van der Waals surface area contributed by atoms with Crippen molar-refractivity contribution in [3.63, 3.8) is 0 Å². The van der Waals surface area contributed by atoms with Gasteiger partial charge in [0.2, 0.25) is 0 Å². The van der Waals surface area contributed by atoms with Crippen LogP contribution in [0.5, 0.6) is 0 Å². The van der Waals surface area contributed by atoms with Crippen molar-refractivity contribution in [2.24, 2.45) is 0 Å². The number of nitrogens with zero attached hydrogens (tertiary/aromatic N) is 1. The van der Waals surface area contributed by atoms with Gasteiger partial charge in [-0.3, -0.25) is 0 Å². The standard InChI is InChI=1S/C50H33N/c1-3-13-37(14-4-1)49-43-19-7-8-20-44(43)50(38-15-5-2-6-16-38)46-33-39(29-32-45(46)49)36-25-23-34(24-26-36)35-27-30-40(31-28-35)51-47-21-11-9-17-41(47)42-18-10-12-22-48(42)51/h1-33H. The lowest BCUT2D eigenvalue weighted by molar-refractivity contribution is 1.18. The summed E-state index contributed by atoms with van der Waals surface area (Å²) < 4.78 is 2.37. The summed E-state index contributed by atoms with van der Waals surface area (Å²) in [7, 11) is 0. The molecule has 0 aliphatic heterocycles. The van der Waals surface area contributed by atoms with Gasteiger partial charge in [0.15, 0.2) is 0 Å². The fraction of sp³-hybridized carbons (Fsp3) is 0. The Labute approximate surface area is 297 Å². The summed E-state index contributed by atoms with van der Waals surface area (Å²) in [5.41, 5.74) is 13.5. The molecule has 0 saturated heterocycles. The molecule has 0 bridgehead atoms. The van der Waals surface area contributed by atoms with E-state index in [1.54, 1.807) is 0 Å². The van der Waals surface area contributed by atoms with E-state index in [9.17, 15) is 0 Å². The molecule has 10 rings (SSSR count). The molecule has 1 aromatic heterocycles. The quantitative estimate of drug-likeness (QED) is 0.164. The highest BCUT2D eigenvalue weighted by molar-refractivity contribution is 6.22. The number of hydrogen-bond donors (Lipinski definition) is 0. The fourth-order valence-electron chi connectivity index (χ4n) is 8.05. The predicted octanol–water partition coefficient (Wildman–Crippen LogP) is 13.8. The maximum absolute atomic E-state index is 2.39. The van der Waals surface area contributed by atoms with E-state index in [1.165, 1.54) is 93.5 Å². The van der Waals surface area contributed by atoms with Crippen molar-refractivity contribution >= 4 is 43.4 Å². The first-order chi connectivity index (χ1) is 25.3. The largest absolute Gasteiger partial charge is 0.309 e. The molecule has 0 fully saturated rings. The van der Waals surface area contributed by atoms with E-state index >= 15 is 0 Å². The van der Waals surface area contributed by atoms with Crippen LogP contribution in [-0.4, -0.2) is 4.57 Å². The van der Waals surface area contributed by atoms with Crippen molar-refractivity contribution in [2.45, 2.75) is 0 Å². The van der Waals surface area contributed by atoms with Gasteiger partial charge >= 0.3 is 0 Å². The Kier molecular flexibility index (Phi) is 6.89. The fourth-order valence-corrected chi connectivity index (χ4v) is 8.05. The normalized spacial score (nSPS) is 11.5.